The molecule has 3 N–H and O–H groups in total. The molecule has 1 aromatic carbocycles. The summed E-state index contributed by atoms with van der Waals surface area (Å²) in [5.74, 6) is -0.454. The van der Waals surface area contributed by atoms with Crippen LogP contribution in [0.4, 0.5) is 0 Å². The number of phenolic OH excluding ortho intramolecular Hbond substituents is 1. The number of nitrogens with one attached hydrogen (secondary N) is 2. The number of H-pyrrole nitrogens is 1. The van der Waals surface area contributed by atoms with Gasteiger partial charge in [-0.15, -0.1) is 0 Å². The quantitative estimate of drug-likeness (QED) is 0.783. The minimum atomic E-state index is -0.333. The molecule has 0 aliphatic carbocycles. The zero-order chi connectivity index (χ0) is 12.3. The maximum Gasteiger partial charge on any atom is 0.255 e. The van der Waals surface area contributed by atoms with E-state index in [-0.39, 0.29) is 17.2 Å². The van der Waals surface area contributed by atoms with Crippen molar-refractivity contribution in [2.45, 2.75) is 6.54 Å². The fraction of sp³-hybridized carbons (Fsp3) is 0.0833. The molecule has 0 unspecified atom stereocenters. The zero-order valence-electron chi connectivity index (χ0n) is 8.90. The summed E-state index contributed by atoms with van der Waals surface area (Å²) in [4.78, 5) is 14.6. The summed E-state index contributed by atoms with van der Waals surface area (Å²) in [6.45, 7) is 0.407. The van der Waals surface area contributed by atoms with Gasteiger partial charge in [0.15, 0.2) is 0 Å². The smallest absolute Gasteiger partial charge is 0.255 e. The second-order valence-corrected chi connectivity index (χ2v) is 4.00. The highest BCUT2D eigenvalue weighted by molar-refractivity contribution is 6.30. The maximum absolute atomic E-state index is 11.7. The third kappa shape index (κ3) is 2.79. The highest BCUT2D eigenvalue weighted by Gasteiger charge is 2.10. The Morgan fingerprint density at radius 2 is 2.24 bits per heavy atom. The first-order valence-electron chi connectivity index (χ1n) is 5.05. The van der Waals surface area contributed by atoms with Crippen molar-refractivity contribution >= 4 is 17.5 Å². The molecule has 17 heavy (non-hydrogen) atoms. The van der Waals surface area contributed by atoms with E-state index >= 15 is 0 Å². The van der Waals surface area contributed by atoms with E-state index in [0.29, 0.717) is 11.6 Å². The Labute approximate surface area is 103 Å². The minimum Gasteiger partial charge on any atom is -0.507 e. The Morgan fingerprint density at radius 1 is 1.41 bits per heavy atom. The van der Waals surface area contributed by atoms with Gasteiger partial charge in [-0.2, -0.15) is 0 Å². The molecule has 1 amide bonds. The van der Waals surface area contributed by atoms with Crippen molar-refractivity contribution in [2.75, 3.05) is 0 Å². The van der Waals surface area contributed by atoms with E-state index in [4.69, 9.17) is 11.6 Å². The number of amides is 1. The molecule has 0 fully saturated rings. The molecule has 4 nitrogen and oxygen atoms in total. The number of aromatic nitrogens is 1. The van der Waals surface area contributed by atoms with E-state index in [0.717, 1.165) is 5.56 Å². The van der Waals surface area contributed by atoms with Crippen LogP contribution in [-0.4, -0.2) is 16.0 Å². The van der Waals surface area contributed by atoms with Crippen molar-refractivity contribution in [3.05, 3.63) is 52.8 Å². The Bertz CT molecular complexity index is 523. The van der Waals surface area contributed by atoms with E-state index in [9.17, 15) is 9.90 Å². The Morgan fingerprint density at radius 3 is 2.88 bits per heavy atom. The van der Waals surface area contributed by atoms with Crippen LogP contribution in [0, 0.1) is 0 Å². The number of phenols is 1. The third-order valence-electron chi connectivity index (χ3n) is 2.32. The van der Waals surface area contributed by atoms with Gasteiger partial charge in [-0.1, -0.05) is 11.6 Å². The second kappa shape index (κ2) is 4.93. The molecular formula is C12H11ClN2O2. The van der Waals surface area contributed by atoms with Crippen LogP contribution in [0.2, 0.25) is 5.02 Å². The van der Waals surface area contributed by atoms with Crippen molar-refractivity contribution in [2.24, 2.45) is 0 Å². The number of carbonyl (C=O) groups is 1. The molecule has 0 saturated carbocycles. The van der Waals surface area contributed by atoms with Gasteiger partial charge in [0.1, 0.15) is 5.75 Å². The van der Waals surface area contributed by atoms with Crippen LogP contribution in [0.15, 0.2) is 36.7 Å². The lowest BCUT2D eigenvalue weighted by atomic mass is 10.2. The molecule has 0 aliphatic heterocycles. The number of aromatic amines is 1. The van der Waals surface area contributed by atoms with Crippen LogP contribution in [0.25, 0.3) is 0 Å². The van der Waals surface area contributed by atoms with Gasteiger partial charge in [-0.3, -0.25) is 4.79 Å². The number of hydrogen-bond acceptors (Lipinski definition) is 2. The van der Waals surface area contributed by atoms with E-state index < -0.39 is 0 Å². The average molecular weight is 251 g/mol. The standard InChI is InChI=1S/C12H11ClN2O2/c13-9-1-2-10(11(16)5-9)12(17)15-7-8-3-4-14-6-8/h1-6,14,16H,7H2,(H,15,17). The maximum atomic E-state index is 11.7. The predicted molar refractivity (Wildman–Crippen MR) is 65.1 cm³/mol. The van der Waals surface area contributed by atoms with Gasteiger partial charge in [-0.25, -0.2) is 0 Å². The van der Waals surface area contributed by atoms with Gasteiger partial charge >= 0.3 is 0 Å². The molecule has 0 aliphatic rings. The molecule has 1 heterocycles. The minimum absolute atomic E-state index is 0.121. The van der Waals surface area contributed by atoms with Crippen LogP contribution in [0.5, 0.6) is 5.75 Å². The van der Waals surface area contributed by atoms with Crippen LogP contribution >= 0.6 is 11.6 Å². The first-order valence-corrected chi connectivity index (χ1v) is 5.43. The number of rotatable bonds is 3. The SMILES string of the molecule is O=C(NCc1cc[nH]c1)c1ccc(Cl)cc1O. The molecule has 0 atom stereocenters. The Kier molecular flexibility index (Phi) is 3.35. The Hall–Kier alpha value is -1.94. The van der Waals surface area contributed by atoms with Gasteiger partial charge in [-0.05, 0) is 29.8 Å². The first-order chi connectivity index (χ1) is 8.16. The van der Waals surface area contributed by atoms with Gasteiger partial charge in [0.25, 0.3) is 5.91 Å². The van der Waals surface area contributed by atoms with Gasteiger partial charge in [0.05, 0.1) is 5.56 Å². The van der Waals surface area contributed by atoms with Crippen LogP contribution in [-0.2, 0) is 6.54 Å². The molecule has 0 saturated heterocycles. The summed E-state index contributed by atoms with van der Waals surface area (Å²) in [5, 5.41) is 12.7. The van der Waals surface area contributed by atoms with Gasteiger partial charge in [0, 0.05) is 24.0 Å². The highest BCUT2D eigenvalue weighted by atomic mass is 35.5. The first kappa shape index (κ1) is 11.5. The summed E-state index contributed by atoms with van der Waals surface area (Å²) in [7, 11) is 0. The average Bonchev–Trinajstić information content (AvgIpc) is 2.78. The van der Waals surface area contributed by atoms with Crippen LogP contribution in [0.1, 0.15) is 15.9 Å². The fourth-order valence-electron chi connectivity index (χ4n) is 1.44. The molecule has 0 radical (unpaired) electrons. The summed E-state index contributed by atoms with van der Waals surface area (Å²) in [6.07, 6.45) is 3.57. The number of carbonyl (C=O) groups excluding carboxylic acids is 1. The molecule has 2 rings (SSSR count). The second-order valence-electron chi connectivity index (χ2n) is 3.56. The Balaban J connectivity index is 2.04. The van der Waals surface area contributed by atoms with E-state index in [1.165, 1.54) is 12.1 Å². The van der Waals surface area contributed by atoms with Crippen molar-refractivity contribution in [3.63, 3.8) is 0 Å². The molecule has 5 heteroatoms. The van der Waals surface area contributed by atoms with E-state index in [1.54, 1.807) is 18.5 Å². The number of benzene rings is 1. The zero-order valence-corrected chi connectivity index (χ0v) is 9.66. The van der Waals surface area contributed by atoms with E-state index in [2.05, 4.69) is 10.3 Å². The van der Waals surface area contributed by atoms with Crippen LogP contribution in [0.3, 0.4) is 0 Å². The molecule has 88 valence electrons. The summed E-state index contributed by atoms with van der Waals surface area (Å²) < 4.78 is 0. The van der Waals surface area contributed by atoms with Crippen molar-refractivity contribution in [3.8, 4) is 5.75 Å². The summed E-state index contributed by atoms with van der Waals surface area (Å²) in [5.41, 5.74) is 1.18. The monoisotopic (exact) mass is 250 g/mol. The molecule has 0 bridgehead atoms. The van der Waals surface area contributed by atoms with E-state index in [1.807, 2.05) is 6.07 Å². The third-order valence-corrected chi connectivity index (χ3v) is 2.55. The summed E-state index contributed by atoms with van der Waals surface area (Å²) in [6, 6.07) is 6.26. The lowest BCUT2D eigenvalue weighted by Gasteiger charge is -2.06. The normalized spacial score (nSPS) is 10.2. The largest absolute Gasteiger partial charge is 0.507 e. The molecular weight excluding hydrogens is 240 g/mol. The topological polar surface area (TPSA) is 65.1 Å². The highest BCUT2D eigenvalue weighted by Crippen LogP contribution is 2.21. The number of aromatic hydroxyl groups is 1. The number of halogens is 1. The predicted octanol–water partition coefficient (Wildman–Crippen LogP) is 2.30. The molecule has 2 aromatic rings. The fourth-order valence-corrected chi connectivity index (χ4v) is 1.61. The molecule has 1 aromatic heterocycles. The van der Waals surface area contributed by atoms with Crippen molar-refractivity contribution in [1.29, 1.82) is 0 Å². The van der Waals surface area contributed by atoms with Crippen molar-refractivity contribution < 1.29 is 9.90 Å². The lowest BCUT2D eigenvalue weighted by Crippen LogP contribution is -2.22. The van der Waals surface area contributed by atoms with Gasteiger partial charge in [0.2, 0.25) is 0 Å². The van der Waals surface area contributed by atoms with Gasteiger partial charge < -0.3 is 15.4 Å². The number of hydrogen-bond donors (Lipinski definition) is 3. The van der Waals surface area contributed by atoms with Crippen LogP contribution < -0.4 is 5.32 Å². The lowest BCUT2D eigenvalue weighted by molar-refractivity contribution is 0.0948. The van der Waals surface area contributed by atoms with Crippen molar-refractivity contribution in [1.82, 2.24) is 10.3 Å². The molecule has 0 spiro atoms. The summed E-state index contributed by atoms with van der Waals surface area (Å²) >= 11 is 5.68.